The van der Waals surface area contributed by atoms with Crippen molar-refractivity contribution in [2.24, 2.45) is 17.8 Å². The monoisotopic (exact) mass is 382 g/mol. The topological polar surface area (TPSA) is 63.6 Å². The molecule has 1 aliphatic carbocycles. The van der Waals surface area contributed by atoms with Gasteiger partial charge in [0, 0.05) is 0 Å². The fourth-order valence-corrected chi connectivity index (χ4v) is 4.04. The first kappa shape index (κ1) is 24.0. The first-order chi connectivity index (χ1) is 12.9. The Labute approximate surface area is 166 Å². The average Bonchev–Trinajstić information content (AvgIpc) is 2.64. The molecular weight excluding hydrogens is 340 g/mol. The molecule has 1 rings (SSSR count). The van der Waals surface area contributed by atoms with Gasteiger partial charge < -0.3 is 9.84 Å². The van der Waals surface area contributed by atoms with Crippen LogP contribution in [0.2, 0.25) is 0 Å². The second-order valence-corrected chi connectivity index (χ2v) is 8.84. The normalized spacial score (nSPS) is 21.2. The highest BCUT2D eigenvalue weighted by molar-refractivity contribution is 5.75. The zero-order chi connectivity index (χ0) is 20.1. The highest BCUT2D eigenvalue weighted by Gasteiger charge is 2.32. The second kappa shape index (κ2) is 14.0. The van der Waals surface area contributed by atoms with Crippen molar-refractivity contribution in [2.45, 2.75) is 117 Å². The number of carbonyl (C=O) groups is 2. The third-order valence-electron chi connectivity index (χ3n) is 5.83. The third-order valence-corrected chi connectivity index (χ3v) is 5.83. The first-order valence-corrected chi connectivity index (χ1v) is 11.4. The van der Waals surface area contributed by atoms with Crippen LogP contribution in [0.5, 0.6) is 0 Å². The molecule has 0 aromatic heterocycles. The summed E-state index contributed by atoms with van der Waals surface area (Å²) in [5.74, 6) is -0.730. The number of carbonyl (C=O) groups excluding carboxylic acids is 1. The molecular formula is C23H42O4. The Kier molecular flexibility index (Phi) is 12.4. The molecule has 4 heteroatoms. The summed E-state index contributed by atoms with van der Waals surface area (Å²) in [6.45, 7) is 6.71. The molecule has 0 saturated heterocycles. The Balaban J connectivity index is 2.33. The highest BCUT2D eigenvalue weighted by Crippen LogP contribution is 2.31. The van der Waals surface area contributed by atoms with Gasteiger partial charge in [-0.25, -0.2) is 0 Å². The third kappa shape index (κ3) is 10.8. The minimum Gasteiger partial charge on any atom is -0.481 e. The number of carboxylic acid groups (broad SMARTS) is 1. The van der Waals surface area contributed by atoms with Crippen molar-refractivity contribution < 1.29 is 19.4 Å². The number of aliphatic carboxylic acids is 1. The van der Waals surface area contributed by atoms with E-state index in [0.29, 0.717) is 12.8 Å². The molecule has 0 aromatic rings. The smallest absolute Gasteiger partial charge is 0.309 e. The van der Waals surface area contributed by atoms with Crippen molar-refractivity contribution in [3.05, 3.63) is 0 Å². The lowest BCUT2D eigenvalue weighted by atomic mass is 9.81. The first-order valence-electron chi connectivity index (χ1n) is 11.4. The van der Waals surface area contributed by atoms with Crippen molar-refractivity contribution in [3.63, 3.8) is 0 Å². The van der Waals surface area contributed by atoms with Crippen molar-refractivity contribution in [1.82, 2.24) is 0 Å². The van der Waals surface area contributed by atoms with E-state index in [4.69, 9.17) is 4.74 Å². The van der Waals surface area contributed by atoms with Crippen LogP contribution in [0.4, 0.5) is 0 Å². The van der Waals surface area contributed by atoms with Gasteiger partial charge in [-0.3, -0.25) is 9.59 Å². The molecule has 3 atom stereocenters. The van der Waals surface area contributed by atoms with Crippen LogP contribution < -0.4 is 0 Å². The van der Waals surface area contributed by atoms with E-state index in [2.05, 4.69) is 20.8 Å². The van der Waals surface area contributed by atoms with Gasteiger partial charge >= 0.3 is 11.9 Å². The number of rotatable bonds is 14. The second-order valence-electron chi connectivity index (χ2n) is 8.84. The molecule has 3 unspecified atom stereocenters. The van der Waals surface area contributed by atoms with E-state index in [1.165, 1.54) is 32.1 Å². The van der Waals surface area contributed by atoms with E-state index >= 15 is 0 Å². The zero-order valence-corrected chi connectivity index (χ0v) is 17.9. The van der Waals surface area contributed by atoms with Gasteiger partial charge in [-0.05, 0) is 44.4 Å². The minimum atomic E-state index is -0.771. The van der Waals surface area contributed by atoms with E-state index in [0.717, 1.165) is 50.9 Å². The largest absolute Gasteiger partial charge is 0.481 e. The number of esters is 1. The SMILES string of the molecule is CCCCC(CCCCCCCC(C)C)OC(=O)C1CCCC(C(=O)O)C1. The molecule has 158 valence electrons. The summed E-state index contributed by atoms with van der Waals surface area (Å²) in [4.78, 5) is 23.8. The van der Waals surface area contributed by atoms with E-state index in [1.807, 2.05) is 0 Å². The van der Waals surface area contributed by atoms with Crippen molar-refractivity contribution in [2.75, 3.05) is 0 Å². The van der Waals surface area contributed by atoms with Crippen LogP contribution in [0.25, 0.3) is 0 Å². The van der Waals surface area contributed by atoms with Gasteiger partial charge in [0.15, 0.2) is 0 Å². The van der Waals surface area contributed by atoms with Gasteiger partial charge in [-0.1, -0.05) is 72.1 Å². The summed E-state index contributed by atoms with van der Waals surface area (Å²) in [5, 5.41) is 9.22. The lowest BCUT2D eigenvalue weighted by Crippen LogP contribution is -2.31. The Morgan fingerprint density at radius 1 is 0.926 bits per heavy atom. The van der Waals surface area contributed by atoms with Crippen molar-refractivity contribution in [3.8, 4) is 0 Å². The molecule has 1 N–H and O–H groups in total. The van der Waals surface area contributed by atoms with E-state index in [-0.39, 0.29) is 23.9 Å². The molecule has 27 heavy (non-hydrogen) atoms. The van der Waals surface area contributed by atoms with Crippen molar-refractivity contribution in [1.29, 1.82) is 0 Å². The predicted molar refractivity (Wildman–Crippen MR) is 110 cm³/mol. The van der Waals surface area contributed by atoms with Gasteiger partial charge in [0.05, 0.1) is 11.8 Å². The van der Waals surface area contributed by atoms with Gasteiger partial charge in [0.2, 0.25) is 0 Å². The van der Waals surface area contributed by atoms with E-state index in [1.54, 1.807) is 0 Å². The minimum absolute atomic E-state index is 0.0123. The molecule has 4 nitrogen and oxygen atoms in total. The van der Waals surface area contributed by atoms with Crippen LogP contribution in [0.15, 0.2) is 0 Å². The Morgan fingerprint density at radius 3 is 2.15 bits per heavy atom. The molecule has 1 saturated carbocycles. The lowest BCUT2D eigenvalue weighted by Gasteiger charge is -2.27. The number of hydrogen-bond acceptors (Lipinski definition) is 3. The maximum atomic E-state index is 12.6. The van der Waals surface area contributed by atoms with Gasteiger partial charge in [-0.2, -0.15) is 0 Å². The van der Waals surface area contributed by atoms with Gasteiger partial charge in [0.25, 0.3) is 0 Å². The molecule has 0 spiro atoms. The summed E-state index contributed by atoms with van der Waals surface area (Å²) in [6.07, 6.45) is 14.3. The van der Waals surface area contributed by atoms with Crippen LogP contribution in [0, 0.1) is 17.8 Å². The average molecular weight is 383 g/mol. The number of unbranched alkanes of at least 4 members (excludes halogenated alkanes) is 5. The number of hydrogen-bond donors (Lipinski definition) is 1. The zero-order valence-electron chi connectivity index (χ0n) is 17.9. The molecule has 1 fully saturated rings. The van der Waals surface area contributed by atoms with Crippen LogP contribution >= 0.6 is 0 Å². The summed E-state index contributed by atoms with van der Waals surface area (Å²) >= 11 is 0. The Morgan fingerprint density at radius 2 is 1.52 bits per heavy atom. The predicted octanol–water partition coefficient (Wildman–Crippen LogP) is 6.37. The summed E-state index contributed by atoms with van der Waals surface area (Å²) < 4.78 is 5.85. The maximum Gasteiger partial charge on any atom is 0.309 e. The Bertz CT molecular complexity index is 419. The van der Waals surface area contributed by atoms with E-state index in [9.17, 15) is 14.7 Å². The maximum absolute atomic E-state index is 12.6. The fraction of sp³-hybridized carbons (Fsp3) is 0.913. The summed E-state index contributed by atoms with van der Waals surface area (Å²) in [7, 11) is 0. The molecule has 0 aromatic carbocycles. The fourth-order valence-electron chi connectivity index (χ4n) is 4.04. The highest BCUT2D eigenvalue weighted by atomic mass is 16.5. The van der Waals surface area contributed by atoms with Gasteiger partial charge in [0.1, 0.15) is 6.10 Å². The molecule has 0 aliphatic heterocycles. The number of carboxylic acids is 1. The standard InChI is InChI=1S/C23H42O4/c1-4-5-15-21(16-10-8-6-7-9-12-18(2)3)27-23(26)20-14-11-13-19(17-20)22(24)25/h18-21H,4-17H2,1-3H3,(H,24,25). The summed E-state index contributed by atoms with van der Waals surface area (Å²) in [5.41, 5.74) is 0. The molecule has 0 amide bonds. The number of ether oxygens (including phenoxy) is 1. The van der Waals surface area contributed by atoms with Crippen molar-refractivity contribution >= 4 is 11.9 Å². The van der Waals surface area contributed by atoms with Crippen LogP contribution in [0.1, 0.15) is 111 Å². The lowest BCUT2D eigenvalue weighted by molar-refractivity contribution is -0.158. The van der Waals surface area contributed by atoms with Crippen LogP contribution in [-0.2, 0) is 14.3 Å². The van der Waals surface area contributed by atoms with Crippen LogP contribution in [-0.4, -0.2) is 23.1 Å². The molecule has 0 heterocycles. The molecule has 1 aliphatic rings. The summed E-state index contributed by atoms with van der Waals surface area (Å²) in [6, 6.07) is 0. The molecule has 0 radical (unpaired) electrons. The quantitative estimate of drug-likeness (QED) is 0.280. The Hall–Kier alpha value is -1.06. The van der Waals surface area contributed by atoms with Gasteiger partial charge in [-0.15, -0.1) is 0 Å². The molecule has 0 bridgehead atoms. The van der Waals surface area contributed by atoms with Crippen LogP contribution in [0.3, 0.4) is 0 Å². The van der Waals surface area contributed by atoms with E-state index < -0.39 is 5.97 Å².